The number of benzene rings is 2. The van der Waals surface area contributed by atoms with E-state index in [4.69, 9.17) is 5.14 Å². The van der Waals surface area contributed by atoms with Crippen molar-refractivity contribution in [2.75, 3.05) is 5.32 Å². The highest BCUT2D eigenvalue weighted by molar-refractivity contribution is 7.89. The Morgan fingerprint density at radius 2 is 1.95 bits per heavy atom. The molecule has 0 radical (unpaired) electrons. The van der Waals surface area contributed by atoms with Crippen molar-refractivity contribution in [2.45, 2.75) is 11.4 Å². The number of hydrogen-bond acceptors (Lipinski definition) is 4. The fourth-order valence-electron chi connectivity index (χ4n) is 1.68. The molecule has 0 amide bonds. The Hall–Kier alpha value is -2.12. The minimum Gasteiger partial charge on any atom is -0.508 e. The standard InChI is InChI=1S/C13H13FN2O3S/c14-10-4-5-13(17)9(6-10)8-16-11-2-1-3-12(7-11)20(15,18)19/h1-7,16-17H,8H2,(H2,15,18,19). The third-order valence-electron chi connectivity index (χ3n) is 2.69. The summed E-state index contributed by atoms with van der Waals surface area (Å²) in [6, 6.07) is 9.53. The normalized spacial score (nSPS) is 11.3. The number of nitrogens with two attached hydrogens (primary N) is 1. The van der Waals surface area contributed by atoms with Crippen LogP contribution in [-0.4, -0.2) is 13.5 Å². The van der Waals surface area contributed by atoms with E-state index in [1.165, 1.54) is 30.3 Å². The summed E-state index contributed by atoms with van der Waals surface area (Å²) in [7, 11) is -3.77. The number of halogens is 1. The zero-order valence-electron chi connectivity index (χ0n) is 10.4. The van der Waals surface area contributed by atoms with E-state index in [0.29, 0.717) is 11.3 Å². The van der Waals surface area contributed by atoms with E-state index < -0.39 is 15.8 Å². The number of rotatable bonds is 4. The van der Waals surface area contributed by atoms with E-state index in [2.05, 4.69) is 5.32 Å². The molecule has 0 spiro atoms. The topological polar surface area (TPSA) is 92.4 Å². The van der Waals surface area contributed by atoms with Crippen molar-refractivity contribution in [3.05, 3.63) is 53.8 Å². The maximum absolute atomic E-state index is 13.1. The number of aromatic hydroxyl groups is 1. The molecule has 0 bridgehead atoms. The SMILES string of the molecule is NS(=O)(=O)c1cccc(NCc2cc(F)ccc2O)c1. The monoisotopic (exact) mass is 296 g/mol. The lowest BCUT2D eigenvalue weighted by atomic mass is 10.2. The van der Waals surface area contributed by atoms with Crippen LogP contribution in [0.3, 0.4) is 0 Å². The first-order chi connectivity index (χ1) is 9.36. The smallest absolute Gasteiger partial charge is 0.238 e. The highest BCUT2D eigenvalue weighted by Crippen LogP contribution is 2.20. The maximum Gasteiger partial charge on any atom is 0.238 e. The van der Waals surface area contributed by atoms with Gasteiger partial charge >= 0.3 is 0 Å². The zero-order valence-corrected chi connectivity index (χ0v) is 11.2. The predicted octanol–water partition coefficient (Wildman–Crippen LogP) is 1.79. The van der Waals surface area contributed by atoms with Gasteiger partial charge in [0.25, 0.3) is 0 Å². The number of anilines is 1. The lowest BCUT2D eigenvalue weighted by molar-refractivity contribution is 0.466. The number of sulfonamides is 1. The van der Waals surface area contributed by atoms with Crippen molar-refractivity contribution in [3.63, 3.8) is 0 Å². The molecule has 0 heterocycles. The Morgan fingerprint density at radius 1 is 1.20 bits per heavy atom. The van der Waals surface area contributed by atoms with Crippen molar-refractivity contribution in [1.82, 2.24) is 0 Å². The average Bonchev–Trinajstić information content (AvgIpc) is 2.39. The number of nitrogens with one attached hydrogen (secondary N) is 1. The second-order valence-electron chi connectivity index (χ2n) is 4.20. The van der Waals surface area contributed by atoms with Crippen LogP contribution in [0.5, 0.6) is 5.75 Å². The van der Waals surface area contributed by atoms with Gasteiger partial charge in [-0.1, -0.05) is 6.07 Å². The average molecular weight is 296 g/mol. The zero-order chi connectivity index (χ0) is 14.8. The summed E-state index contributed by atoms with van der Waals surface area (Å²) in [5.41, 5.74) is 0.867. The molecule has 2 rings (SSSR count). The molecule has 0 aromatic heterocycles. The molecule has 0 saturated heterocycles. The van der Waals surface area contributed by atoms with E-state index in [9.17, 15) is 17.9 Å². The molecule has 0 aliphatic rings. The molecule has 2 aromatic carbocycles. The molecule has 0 atom stereocenters. The maximum atomic E-state index is 13.1. The molecular weight excluding hydrogens is 283 g/mol. The van der Waals surface area contributed by atoms with E-state index in [1.807, 2.05) is 0 Å². The van der Waals surface area contributed by atoms with Crippen LogP contribution in [0.2, 0.25) is 0 Å². The van der Waals surface area contributed by atoms with E-state index in [-0.39, 0.29) is 17.2 Å². The predicted molar refractivity (Wildman–Crippen MR) is 73.2 cm³/mol. The summed E-state index contributed by atoms with van der Waals surface area (Å²) in [6.45, 7) is 0.150. The fraction of sp³-hybridized carbons (Fsp3) is 0.0769. The lowest BCUT2D eigenvalue weighted by Crippen LogP contribution is -2.12. The number of phenols is 1. The highest BCUT2D eigenvalue weighted by atomic mass is 32.2. The first-order valence-electron chi connectivity index (χ1n) is 5.70. The van der Waals surface area contributed by atoms with Gasteiger partial charge in [0, 0.05) is 17.8 Å². The van der Waals surface area contributed by atoms with Crippen LogP contribution in [0, 0.1) is 5.82 Å². The van der Waals surface area contributed by atoms with E-state index in [0.717, 1.165) is 6.07 Å². The molecule has 2 aromatic rings. The van der Waals surface area contributed by atoms with Gasteiger partial charge in [0.05, 0.1) is 4.90 Å². The van der Waals surface area contributed by atoms with Gasteiger partial charge in [0.1, 0.15) is 11.6 Å². The van der Waals surface area contributed by atoms with Gasteiger partial charge in [-0.3, -0.25) is 0 Å². The molecule has 106 valence electrons. The van der Waals surface area contributed by atoms with E-state index >= 15 is 0 Å². The summed E-state index contributed by atoms with van der Waals surface area (Å²) in [4.78, 5) is -0.0223. The minimum absolute atomic E-state index is 0.0223. The molecule has 0 saturated carbocycles. The van der Waals surface area contributed by atoms with Crippen LogP contribution in [0.4, 0.5) is 10.1 Å². The highest BCUT2D eigenvalue weighted by Gasteiger charge is 2.08. The van der Waals surface area contributed by atoms with Gasteiger partial charge in [-0.15, -0.1) is 0 Å². The Balaban J connectivity index is 2.17. The summed E-state index contributed by atoms with van der Waals surface area (Å²) in [5.74, 6) is -0.501. The Morgan fingerprint density at radius 3 is 2.65 bits per heavy atom. The second-order valence-corrected chi connectivity index (χ2v) is 5.76. The van der Waals surface area contributed by atoms with Crippen molar-refractivity contribution < 1.29 is 17.9 Å². The van der Waals surface area contributed by atoms with Gasteiger partial charge in [-0.05, 0) is 36.4 Å². The fourth-order valence-corrected chi connectivity index (χ4v) is 2.24. The van der Waals surface area contributed by atoms with Crippen molar-refractivity contribution in [3.8, 4) is 5.75 Å². The molecule has 20 heavy (non-hydrogen) atoms. The molecule has 0 aliphatic heterocycles. The molecule has 0 fully saturated rings. The third-order valence-corrected chi connectivity index (χ3v) is 3.60. The summed E-state index contributed by atoms with van der Waals surface area (Å²) >= 11 is 0. The van der Waals surface area contributed by atoms with Crippen LogP contribution < -0.4 is 10.5 Å². The minimum atomic E-state index is -3.77. The van der Waals surface area contributed by atoms with Crippen LogP contribution in [-0.2, 0) is 16.6 Å². The van der Waals surface area contributed by atoms with Gasteiger partial charge in [0.15, 0.2) is 0 Å². The summed E-state index contributed by atoms with van der Waals surface area (Å²) < 4.78 is 35.5. The largest absolute Gasteiger partial charge is 0.508 e. The Kier molecular flexibility index (Phi) is 3.91. The van der Waals surface area contributed by atoms with Crippen molar-refractivity contribution in [1.29, 1.82) is 0 Å². The lowest BCUT2D eigenvalue weighted by Gasteiger charge is -2.09. The summed E-state index contributed by atoms with van der Waals surface area (Å²) in [5, 5.41) is 17.5. The second kappa shape index (κ2) is 5.48. The first-order valence-corrected chi connectivity index (χ1v) is 7.25. The Labute approximate surface area is 115 Å². The van der Waals surface area contributed by atoms with Crippen LogP contribution in [0.25, 0.3) is 0 Å². The molecule has 5 nitrogen and oxygen atoms in total. The summed E-state index contributed by atoms with van der Waals surface area (Å²) in [6.07, 6.45) is 0. The molecule has 4 N–H and O–H groups in total. The van der Waals surface area contributed by atoms with Gasteiger partial charge in [-0.25, -0.2) is 17.9 Å². The quantitative estimate of drug-likeness (QED) is 0.802. The third kappa shape index (κ3) is 3.46. The first kappa shape index (κ1) is 14.3. The number of phenolic OH excluding ortho intramolecular Hbond substituents is 1. The van der Waals surface area contributed by atoms with Crippen LogP contribution in [0.1, 0.15) is 5.56 Å². The number of primary sulfonamides is 1. The van der Waals surface area contributed by atoms with Gasteiger partial charge in [-0.2, -0.15) is 0 Å². The molecular formula is C13H13FN2O3S. The van der Waals surface area contributed by atoms with Crippen LogP contribution in [0.15, 0.2) is 47.4 Å². The van der Waals surface area contributed by atoms with Crippen LogP contribution >= 0.6 is 0 Å². The number of hydrogen-bond donors (Lipinski definition) is 3. The van der Waals surface area contributed by atoms with E-state index in [1.54, 1.807) is 6.07 Å². The molecule has 0 unspecified atom stereocenters. The van der Waals surface area contributed by atoms with Crippen molar-refractivity contribution in [2.24, 2.45) is 5.14 Å². The molecule has 0 aliphatic carbocycles. The van der Waals surface area contributed by atoms with Crippen molar-refractivity contribution >= 4 is 15.7 Å². The molecule has 7 heteroatoms. The Bertz CT molecular complexity index is 732. The van der Waals surface area contributed by atoms with Gasteiger partial charge in [0.2, 0.25) is 10.0 Å². The van der Waals surface area contributed by atoms with Gasteiger partial charge < -0.3 is 10.4 Å².